The molecule has 1 aliphatic rings. The van der Waals surface area contributed by atoms with Gasteiger partial charge in [-0.3, -0.25) is 0 Å². The summed E-state index contributed by atoms with van der Waals surface area (Å²) in [5.41, 5.74) is 11.3. The Bertz CT molecular complexity index is 1250. The number of aliphatic hydroxyl groups excluding tert-OH is 3. The summed E-state index contributed by atoms with van der Waals surface area (Å²) in [6.45, 7) is 19.5. The van der Waals surface area contributed by atoms with Crippen LogP contribution in [0.3, 0.4) is 0 Å². The van der Waals surface area contributed by atoms with Crippen LogP contribution in [0.2, 0.25) is 0 Å². The zero-order chi connectivity index (χ0) is 35.4. The third-order valence-corrected chi connectivity index (χ3v) is 9.15. The number of methoxy groups -OCH3 is 1. The van der Waals surface area contributed by atoms with Crippen LogP contribution in [0.15, 0.2) is 104 Å². The van der Waals surface area contributed by atoms with E-state index >= 15 is 0 Å². The highest BCUT2D eigenvalue weighted by molar-refractivity contribution is 5.38. The molecule has 0 aliphatic heterocycles. The van der Waals surface area contributed by atoms with Gasteiger partial charge in [-0.1, -0.05) is 81.5 Å². The molecule has 47 heavy (non-hydrogen) atoms. The van der Waals surface area contributed by atoms with Crippen LogP contribution in [0.5, 0.6) is 0 Å². The Hall–Kier alpha value is -2.82. The second-order valence-corrected chi connectivity index (χ2v) is 14.0. The van der Waals surface area contributed by atoms with Gasteiger partial charge in [0.2, 0.25) is 0 Å². The van der Waals surface area contributed by atoms with E-state index in [1.54, 1.807) is 6.92 Å². The molecule has 1 aliphatic carbocycles. The summed E-state index contributed by atoms with van der Waals surface area (Å²) in [7, 11) is 1.39. The smallest absolute Gasteiger partial charge is 0.169 e. The minimum atomic E-state index is -1.13. The molecule has 2 atom stereocenters. The first-order chi connectivity index (χ1) is 22.3. The molecule has 0 bridgehead atoms. The van der Waals surface area contributed by atoms with Gasteiger partial charge in [-0.05, 0) is 157 Å². The highest BCUT2D eigenvalue weighted by Crippen LogP contribution is 2.32. The van der Waals surface area contributed by atoms with Crippen molar-refractivity contribution >= 4 is 0 Å². The van der Waals surface area contributed by atoms with Gasteiger partial charge in [0, 0.05) is 0 Å². The summed E-state index contributed by atoms with van der Waals surface area (Å²) >= 11 is 0. The van der Waals surface area contributed by atoms with Crippen molar-refractivity contribution in [3.05, 3.63) is 104 Å². The van der Waals surface area contributed by atoms with Gasteiger partial charge >= 0.3 is 0 Å². The third-order valence-electron chi connectivity index (χ3n) is 9.15. The van der Waals surface area contributed by atoms with Crippen LogP contribution in [-0.2, 0) is 4.74 Å². The van der Waals surface area contributed by atoms with E-state index in [0.717, 1.165) is 70.6 Å². The zero-order valence-electron chi connectivity index (χ0n) is 31.6. The quantitative estimate of drug-likeness (QED) is 0.108. The Balaban J connectivity index is 2.34. The van der Waals surface area contributed by atoms with E-state index in [1.165, 1.54) is 52.5 Å². The van der Waals surface area contributed by atoms with E-state index in [1.807, 2.05) is 0 Å². The Morgan fingerprint density at radius 2 is 0.851 bits per heavy atom. The molecule has 0 aromatic carbocycles. The number of rotatable bonds is 21. The van der Waals surface area contributed by atoms with Crippen molar-refractivity contribution in [2.24, 2.45) is 0 Å². The first-order valence-electron chi connectivity index (χ1n) is 17.9. The second-order valence-electron chi connectivity index (χ2n) is 14.0. The molecule has 264 valence electrons. The maximum absolute atomic E-state index is 10.6. The third kappa shape index (κ3) is 17.8. The molecule has 0 aromatic rings. The van der Waals surface area contributed by atoms with E-state index in [2.05, 4.69) is 97.9 Å². The van der Waals surface area contributed by atoms with Crippen molar-refractivity contribution in [2.45, 2.75) is 158 Å². The monoisotopic (exact) mass is 649 g/mol. The van der Waals surface area contributed by atoms with E-state index in [9.17, 15) is 15.3 Å². The summed E-state index contributed by atoms with van der Waals surface area (Å²) in [5, 5.41) is 30.9. The first kappa shape index (κ1) is 42.2. The molecule has 2 unspecified atom stereocenters. The summed E-state index contributed by atoms with van der Waals surface area (Å²) in [6, 6.07) is 0. The van der Waals surface area contributed by atoms with Crippen molar-refractivity contribution in [3.63, 3.8) is 0 Å². The van der Waals surface area contributed by atoms with Gasteiger partial charge in [-0.25, -0.2) is 0 Å². The topological polar surface area (TPSA) is 69.9 Å². The SMILES string of the molecule is COC1=C(O)C(O)C(C)=C(CC=C(C)CCC=C(C)CCC=C(C)CCC=C(C)CCC=C(C)CCC=C(C)CCC=C(C)C)C1O. The highest BCUT2D eigenvalue weighted by atomic mass is 16.5. The lowest BCUT2D eigenvalue weighted by Gasteiger charge is -2.28. The van der Waals surface area contributed by atoms with Gasteiger partial charge in [0.15, 0.2) is 11.5 Å². The molecule has 4 nitrogen and oxygen atoms in total. The fourth-order valence-electron chi connectivity index (χ4n) is 5.73. The maximum Gasteiger partial charge on any atom is 0.169 e. The number of aliphatic hydroxyl groups is 3. The molecule has 1 rings (SSSR count). The second kappa shape index (κ2) is 23.5. The lowest BCUT2D eigenvalue weighted by atomic mass is 9.88. The molecule has 0 spiro atoms. The Labute approximate surface area is 288 Å². The minimum Gasteiger partial charge on any atom is -0.506 e. The van der Waals surface area contributed by atoms with Gasteiger partial charge in [0.25, 0.3) is 0 Å². The van der Waals surface area contributed by atoms with Crippen LogP contribution in [0.1, 0.15) is 146 Å². The lowest BCUT2D eigenvalue weighted by molar-refractivity contribution is 0.0936. The number of hydrogen-bond acceptors (Lipinski definition) is 4. The van der Waals surface area contributed by atoms with Crippen LogP contribution < -0.4 is 0 Å². The van der Waals surface area contributed by atoms with E-state index < -0.39 is 12.2 Å². The van der Waals surface area contributed by atoms with Crippen LogP contribution in [-0.4, -0.2) is 34.6 Å². The minimum absolute atomic E-state index is 0.0308. The summed E-state index contributed by atoms with van der Waals surface area (Å²) < 4.78 is 5.13. The van der Waals surface area contributed by atoms with Crippen molar-refractivity contribution in [3.8, 4) is 0 Å². The van der Waals surface area contributed by atoms with Crippen molar-refractivity contribution in [1.29, 1.82) is 0 Å². The van der Waals surface area contributed by atoms with Crippen LogP contribution in [0.25, 0.3) is 0 Å². The van der Waals surface area contributed by atoms with Crippen LogP contribution >= 0.6 is 0 Å². The van der Waals surface area contributed by atoms with Crippen LogP contribution in [0, 0.1) is 0 Å². The average Bonchev–Trinajstić information content (AvgIpc) is 3.00. The Morgan fingerprint density at radius 3 is 1.17 bits per heavy atom. The molecule has 0 saturated carbocycles. The zero-order valence-corrected chi connectivity index (χ0v) is 31.6. The van der Waals surface area contributed by atoms with Gasteiger partial charge in [0.1, 0.15) is 12.2 Å². The Kier molecular flexibility index (Phi) is 21.1. The lowest BCUT2D eigenvalue weighted by Crippen LogP contribution is -2.30. The van der Waals surface area contributed by atoms with Gasteiger partial charge in [0.05, 0.1) is 7.11 Å². The van der Waals surface area contributed by atoms with Gasteiger partial charge in [-0.2, -0.15) is 0 Å². The molecule has 0 heterocycles. The molecular weight excluding hydrogens is 580 g/mol. The van der Waals surface area contributed by atoms with Crippen molar-refractivity contribution in [1.82, 2.24) is 0 Å². The molecule has 4 heteroatoms. The predicted octanol–water partition coefficient (Wildman–Crippen LogP) is 12.2. The van der Waals surface area contributed by atoms with E-state index in [-0.39, 0.29) is 11.5 Å². The fourth-order valence-corrected chi connectivity index (χ4v) is 5.73. The van der Waals surface area contributed by atoms with Gasteiger partial charge in [-0.15, -0.1) is 0 Å². The maximum atomic E-state index is 10.6. The largest absolute Gasteiger partial charge is 0.506 e. The summed E-state index contributed by atoms with van der Waals surface area (Å²) in [5.74, 6) is -0.275. The molecule has 0 amide bonds. The normalized spacial score (nSPS) is 19.1. The number of allylic oxidation sites excluding steroid dienone is 14. The number of hydrogen-bond donors (Lipinski definition) is 3. The molecular formula is C43H68O4. The molecule has 0 radical (unpaired) electrons. The highest BCUT2D eigenvalue weighted by Gasteiger charge is 2.33. The molecule has 3 N–H and O–H groups in total. The first-order valence-corrected chi connectivity index (χ1v) is 17.9. The molecule has 0 saturated heterocycles. The molecule has 0 aromatic heterocycles. The van der Waals surface area contributed by atoms with E-state index in [0.29, 0.717) is 17.6 Å². The average molecular weight is 649 g/mol. The standard InChI is InChI=1S/C43H68O4/c1-31(2)17-11-18-32(3)19-12-20-33(4)21-13-22-34(5)23-14-24-35(6)25-15-26-36(7)27-16-28-37(8)29-30-39-38(9)40(44)42(46)43(47-10)41(39)45/h17,19,21,23,25,27,29,40-41,44-46H,11-16,18,20,22,24,26,28,30H2,1-10H3. The number of ether oxygens (including phenoxy) is 1. The predicted molar refractivity (Wildman–Crippen MR) is 203 cm³/mol. The fraction of sp³-hybridized carbons (Fsp3) is 0.581. The molecule has 0 fully saturated rings. The summed E-state index contributed by atoms with van der Waals surface area (Å²) in [6.07, 6.45) is 28.1. The van der Waals surface area contributed by atoms with E-state index in [4.69, 9.17) is 4.74 Å². The Morgan fingerprint density at radius 1 is 0.532 bits per heavy atom. The van der Waals surface area contributed by atoms with Gasteiger partial charge < -0.3 is 20.1 Å². The van der Waals surface area contributed by atoms with Crippen molar-refractivity contribution < 1.29 is 20.1 Å². The summed E-state index contributed by atoms with van der Waals surface area (Å²) in [4.78, 5) is 0. The van der Waals surface area contributed by atoms with Crippen molar-refractivity contribution in [2.75, 3.05) is 7.11 Å². The van der Waals surface area contributed by atoms with Crippen LogP contribution in [0.4, 0.5) is 0 Å².